The molecule has 1 aliphatic heterocycles. The number of fused-ring (bicyclic) bond motifs is 1. The molecule has 0 saturated heterocycles. The predicted octanol–water partition coefficient (Wildman–Crippen LogP) is 1.64. The predicted molar refractivity (Wildman–Crippen MR) is 120 cm³/mol. The third-order valence-electron chi connectivity index (χ3n) is 6.02. The van der Waals surface area contributed by atoms with Crippen LogP contribution in [0.1, 0.15) is 37.9 Å². The number of hydrogen-bond donors (Lipinski definition) is 2. The van der Waals surface area contributed by atoms with Crippen LogP contribution < -0.4 is 0 Å². The van der Waals surface area contributed by atoms with Gasteiger partial charge >= 0.3 is 0 Å². The molecule has 2 heterocycles. The van der Waals surface area contributed by atoms with E-state index in [1.807, 2.05) is 26.1 Å². The number of benzene rings is 1. The molecule has 1 aliphatic rings. The lowest BCUT2D eigenvalue weighted by Crippen LogP contribution is -2.47. The van der Waals surface area contributed by atoms with E-state index in [9.17, 15) is 15.0 Å². The topological polar surface area (TPSA) is 104 Å². The molecule has 32 heavy (non-hydrogen) atoms. The van der Waals surface area contributed by atoms with Gasteiger partial charge in [-0.2, -0.15) is 0 Å². The zero-order chi connectivity index (χ0) is 23.1. The van der Waals surface area contributed by atoms with E-state index in [4.69, 9.17) is 4.74 Å². The van der Waals surface area contributed by atoms with Crippen molar-refractivity contribution in [3.8, 4) is 5.75 Å². The Morgan fingerprint density at radius 2 is 2.06 bits per heavy atom. The minimum atomic E-state index is -0.245. The summed E-state index contributed by atoms with van der Waals surface area (Å²) in [6, 6.07) is 6.94. The molecule has 1 aromatic carbocycles. The lowest BCUT2D eigenvalue weighted by atomic mass is 10.0. The van der Waals surface area contributed by atoms with Crippen molar-refractivity contribution in [1.82, 2.24) is 24.8 Å². The van der Waals surface area contributed by atoms with Crippen molar-refractivity contribution in [3.05, 3.63) is 41.7 Å². The normalized spacial score (nSPS) is 21.7. The van der Waals surface area contributed by atoms with Crippen LogP contribution in [0, 0.1) is 5.92 Å². The Hall–Kier alpha value is -2.49. The molecule has 9 heteroatoms. The fourth-order valence-electron chi connectivity index (χ4n) is 4.03. The monoisotopic (exact) mass is 445 g/mol. The van der Waals surface area contributed by atoms with Crippen LogP contribution in [-0.4, -0.2) is 79.8 Å². The van der Waals surface area contributed by atoms with Crippen LogP contribution in [-0.2, 0) is 29.2 Å². The van der Waals surface area contributed by atoms with E-state index in [-0.39, 0.29) is 36.3 Å². The van der Waals surface area contributed by atoms with Gasteiger partial charge in [0.2, 0.25) is 5.91 Å². The summed E-state index contributed by atoms with van der Waals surface area (Å²) in [6.07, 6.45) is 2.65. The van der Waals surface area contributed by atoms with Gasteiger partial charge in [-0.25, -0.2) is 4.68 Å². The van der Waals surface area contributed by atoms with Gasteiger partial charge in [-0.15, -0.1) is 5.10 Å². The van der Waals surface area contributed by atoms with Gasteiger partial charge in [-0.05, 0) is 38.1 Å². The molecular weight excluding hydrogens is 410 g/mol. The molecule has 0 saturated carbocycles. The number of aliphatic hydroxyl groups is 1. The van der Waals surface area contributed by atoms with Crippen molar-refractivity contribution in [1.29, 1.82) is 0 Å². The third kappa shape index (κ3) is 6.51. The standard InChI is InChI=1S/C23H35N5O4/c1-17-12-27(18(2)15-29)23(31)5-4-10-28-20(11-24-25-28)16-32-22(17)14-26(3)13-19-6-8-21(30)9-7-19/h6-9,11,17-18,22,29-30H,4-5,10,12-16H2,1-3H3/t17-,18-,22+/m1/s1. The van der Waals surface area contributed by atoms with Gasteiger partial charge in [-0.1, -0.05) is 24.3 Å². The lowest BCUT2D eigenvalue weighted by molar-refractivity contribution is -0.136. The molecule has 2 N–H and O–H groups in total. The summed E-state index contributed by atoms with van der Waals surface area (Å²) in [6.45, 7) is 6.80. The number of rotatable bonds is 6. The van der Waals surface area contributed by atoms with Gasteiger partial charge in [0.05, 0.1) is 37.3 Å². The highest BCUT2D eigenvalue weighted by Gasteiger charge is 2.28. The van der Waals surface area contributed by atoms with Gasteiger partial charge in [0, 0.05) is 38.5 Å². The first kappa shape index (κ1) is 24.2. The summed E-state index contributed by atoms with van der Waals surface area (Å²) in [5, 5.41) is 27.4. The summed E-state index contributed by atoms with van der Waals surface area (Å²) in [7, 11) is 2.03. The number of hydrogen-bond acceptors (Lipinski definition) is 7. The summed E-state index contributed by atoms with van der Waals surface area (Å²) in [5.41, 5.74) is 2.00. The fourth-order valence-corrected chi connectivity index (χ4v) is 4.03. The zero-order valence-electron chi connectivity index (χ0n) is 19.2. The summed E-state index contributed by atoms with van der Waals surface area (Å²) >= 11 is 0. The Labute approximate surface area is 189 Å². The smallest absolute Gasteiger partial charge is 0.222 e. The first-order valence-electron chi connectivity index (χ1n) is 11.2. The molecule has 0 unspecified atom stereocenters. The molecule has 0 radical (unpaired) electrons. The molecule has 2 aromatic rings. The number of phenols is 1. The Morgan fingerprint density at radius 3 is 2.78 bits per heavy atom. The minimum absolute atomic E-state index is 0.0387. The number of aromatic hydroxyl groups is 1. The Kier molecular flexibility index (Phi) is 8.60. The van der Waals surface area contributed by atoms with Crippen LogP contribution in [0.4, 0.5) is 0 Å². The number of carbonyl (C=O) groups is 1. The van der Waals surface area contributed by atoms with E-state index < -0.39 is 0 Å². The van der Waals surface area contributed by atoms with E-state index in [0.29, 0.717) is 45.6 Å². The molecule has 0 fully saturated rings. The second-order valence-corrected chi connectivity index (χ2v) is 8.82. The highest BCUT2D eigenvalue weighted by Crippen LogP contribution is 2.19. The molecule has 1 amide bonds. The maximum Gasteiger partial charge on any atom is 0.222 e. The summed E-state index contributed by atoms with van der Waals surface area (Å²) in [4.78, 5) is 16.9. The van der Waals surface area contributed by atoms with Crippen LogP contribution in [0.15, 0.2) is 30.5 Å². The maximum absolute atomic E-state index is 12.9. The number of phenolic OH excluding ortho intramolecular Hbond substituents is 1. The Morgan fingerprint density at radius 1 is 1.31 bits per heavy atom. The molecule has 1 aromatic heterocycles. The zero-order valence-corrected chi connectivity index (χ0v) is 19.2. The van der Waals surface area contributed by atoms with Crippen molar-refractivity contribution < 1.29 is 19.7 Å². The molecule has 0 aliphatic carbocycles. The second-order valence-electron chi connectivity index (χ2n) is 8.82. The molecule has 3 atom stereocenters. The van der Waals surface area contributed by atoms with Crippen molar-refractivity contribution in [2.24, 2.45) is 5.92 Å². The van der Waals surface area contributed by atoms with Crippen molar-refractivity contribution >= 4 is 5.91 Å². The number of aryl methyl sites for hydroxylation is 1. The Balaban J connectivity index is 1.76. The van der Waals surface area contributed by atoms with Crippen molar-refractivity contribution in [2.75, 3.05) is 26.7 Å². The summed E-state index contributed by atoms with van der Waals surface area (Å²) in [5.74, 6) is 0.344. The molecule has 176 valence electrons. The van der Waals surface area contributed by atoms with E-state index in [1.165, 1.54) is 0 Å². The third-order valence-corrected chi connectivity index (χ3v) is 6.02. The summed E-state index contributed by atoms with van der Waals surface area (Å²) < 4.78 is 8.16. The van der Waals surface area contributed by atoms with Crippen LogP contribution in [0.2, 0.25) is 0 Å². The molecule has 9 nitrogen and oxygen atoms in total. The molecule has 0 bridgehead atoms. The number of carbonyl (C=O) groups excluding carboxylic acids is 1. The average Bonchev–Trinajstić information content (AvgIpc) is 3.22. The SMILES string of the molecule is C[C@@H]1CN([C@H](C)CO)C(=O)CCCn2nncc2CO[C@H]1CN(C)Cc1ccc(O)cc1. The number of amides is 1. The molecule has 3 rings (SSSR count). The van der Waals surface area contributed by atoms with Crippen LogP contribution >= 0.6 is 0 Å². The number of likely N-dealkylation sites (N-methyl/N-ethyl adjacent to an activating group) is 1. The number of aromatic nitrogens is 3. The van der Waals surface area contributed by atoms with Gasteiger partial charge in [0.25, 0.3) is 0 Å². The number of nitrogens with zero attached hydrogens (tertiary/aromatic N) is 5. The first-order valence-corrected chi connectivity index (χ1v) is 11.2. The van der Waals surface area contributed by atoms with Crippen molar-refractivity contribution in [3.63, 3.8) is 0 Å². The highest BCUT2D eigenvalue weighted by atomic mass is 16.5. The van der Waals surface area contributed by atoms with Crippen LogP contribution in [0.5, 0.6) is 5.75 Å². The molecular formula is C23H35N5O4. The lowest BCUT2D eigenvalue weighted by Gasteiger charge is -2.35. The van der Waals surface area contributed by atoms with Gasteiger partial charge < -0.3 is 19.8 Å². The van der Waals surface area contributed by atoms with E-state index in [2.05, 4.69) is 22.1 Å². The highest BCUT2D eigenvalue weighted by molar-refractivity contribution is 5.76. The van der Waals surface area contributed by atoms with E-state index in [1.54, 1.807) is 27.9 Å². The number of ether oxygens (including phenoxy) is 1. The van der Waals surface area contributed by atoms with Gasteiger partial charge in [0.1, 0.15) is 5.75 Å². The first-order chi connectivity index (χ1) is 15.4. The maximum atomic E-state index is 12.9. The van der Waals surface area contributed by atoms with E-state index in [0.717, 1.165) is 11.3 Å². The second kappa shape index (κ2) is 11.4. The van der Waals surface area contributed by atoms with Gasteiger partial charge in [-0.3, -0.25) is 9.69 Å². The van der Waals surface area contributed by atoms with Gasteiger partial charge in [0.15, 0.2) is 0 Å². The fraction of sp³-hybridized carbons (Fsp3) is 0.609. The van der Waals surface area contributed by atoms with Crippen LogP contribution in [0.25, 0.3) is 0 Å². The van der Waals surface area contributed by atoms with E-state index >= 15 is 0 Å². The minimum Gasteiger partial charge on any atom is -0.508 e. The largest absolute Gasteiger partial charge is 0.508 e. The quantitative estimate of drug-likeness (QED) is 0.697. The van der Waals surface area contributed by atoms with Crippen LogP contribution in [0.3, 0.4) is 0 Å². The Bertz CT molecular complexity index is 856. The molecule has 0 spiro atoms. The van der Waals surface area contributed by atoms with Crippen molar-refractivity contribution in [2.45, 2.75) is 58.5 Å². The number of aliphatic hydroxyl groups excluding tert-OH is 1. The average molecular weight is 446 g/mol.